The van der Waals surface area contributed by atoms with E-state index < -0.39 is 5.60 Å². The highest BCUT2D eigenvalue weighted by Crippen LogP contribution is 2.45. The van der Waals surface area contributed by atoms with Gasteiger partial charge in [0.15, 0.2) is 0 Å². The number of amides is 2. The summed E-state index contributed by atoms with van der Waals surface area (Å²) in [5.41, 5.74) is 3.84. The van der Waals surface area contributed by atoms with E-state index >= 15 is 0 Å². The van der Waals surface area contributed by atoms with Crippen molar-refractivity contribution in [1.29, 1.82) is 0 Å². The van der Waals surface area contributed by atoms with E-state index in [2.05, 4.69) is 54.4 Å². The van der Waals surface area contributed by atoms with Crippen molar-refractivity contribution in [3.8, 4) is 0 Å². The second-order valence-corrected chi connectivity index (χ2v) is 11.9. The highest BCUT2D eigenvalue weighted by atomic mass is 16.6. The van der Waals surface area contributed by atoms with Crippen LogP contribution in [0.3, 0.4) is 0 Å². The highest BCUT2D eigenvalue weighted by molar-refractivity contribution is 5.94. The third-order valence-corrected chi connectivity index (χ3v) is 8.19. The topological polar surface area (TPSA) is 65.1 Å². The number of rotatable bonds is 3. The summed E-state index contributed by atoms with van der Waals surface area (Å²) in [5.74, 6) is 0.280. The Hall–Kier alpha value is -3.22. The van der Waals surface area contributed by atoms with Crippen LogP contribution in [0.25, 0.3) is 0 Å². The van der Waals surface area contributed by atoms with Crippen LogP contribution in [0.4, 0.5) is 21.9 Å². The molecule has 2 bridgehead atoms. The number of anilines is 3. The van der Waals surface area contributed by atoms with Gasteiger partial charge in [-0.15, -0.1) is 0 Å². The second-order valence-electron chi connectivity index (χ2n) is 11.9. The lowest BCUT2D eigenvalue weighted by molar-refractivity contribution is -0.117. The number of carbonyl (C=O) groups excluding carboxylic acids is 2. The predicted molar refractivity (Wildman–Crippen MR) is 148 cm³/mol. The van der Waals surface area contributed by atoms with Crippen LogP contribution in [0.2, 0.25) is 0 Å². The first-order chi connectivity index (χ1) is 17.5. The summed E-state index contributed by atoms with van der Waals surface area (Å²) >= 11 is 0. The Kier molecular flexibility index (Phi) is 6.59. The van der Waals surface area contributed by atoms with Gasteiger partial charge in [-0.25, -0.2) is 4.79 Å². The summed E-state index contributed by atoms with van der Waals surface area (Å²) in [6, 6.07) is 17.2. The molecule has 198 valence electrons. The number of benzene rings is 2. The van der Waals surface area contributed by atoms with Gasteiger partial charge in [-0.3, -0.25) is 9.69 Å². The SMILES string of the molecule is CC(=O)N1c2ccc(N3C[C@H]4CC[C@@H](C3)N4C(=O)OC(C)(C)C)cc2[C@H](Nc2ccccc2)C(C)[C@@H]1C. The molecule has 2 saturated heterocycles. The summed E-state index contributed by atoms with van der Waals surface area (Å²) in [7, 11) is 0. The highest BCUT2D eigenvalue weighted by Gasteiger charge is 2.45. The van der Waals surface area contributed by atoms with Crippen LogP contribution in [-0.4, -0.2) is 53.7 Å². The molecule has 3 aliphatic rings. The molecule has 5 rings (SSSR count). The number of fused-ring (bicyclic) bond motifs is 3. The largest absolute Gasteiger partial charge is 0.444 e. The minimum atomic E-state index is -0.497. The number of nitrogens with one attached hydrogen (secondary N) is 1. The molecule has 1 unspecified atom stereocenters. The molecule has 0 spiro atoms. The van der Waals surface area contributed by atoms with Gasteiger partial charge in [-0.1, -0.05) is 25.1 Å². The third kappa shape index (κ3) is 4.88. The van der Waals surface area contributed by atoms with Gasteiger partial charge >= 0.3 is 6.09 Å². The maximum Gasteiger partial charge on any atom is 0.410 e. The number of hydrogen-bond donors (Lipinski definition) is 1. The monoisotopic (exact) mass is 504 g/mol. The Morgan fingerprint density at radius 2 is 1.62 bits per heavy atom. The number of piperazine rings is 1. The second kappa shape index (κ2) is 9.58. The quantitative estimate of drug-likeness (QED) is 0.571. The van der Waals surface area contributed by atoms with Crippen molar-refractivity contribution in [3.05, 3.63) is 54.1 Å². The smallest absolute Gasteiger partial charge is 0.410 e. The number of ether oxygens (including phenoxy) is 1. The van der Waals surface area contributed by atoms with Crippen LogP contribution in [0.15, 0.2) is 48.5 Å². The fraction of sp³-hybridized carbons (Fsp3) is 0.533. The third-order valence-electron chi connectivity index (χ3n) is 8.19. The van der Waals surface area contributed by atoms with Gasteiger partial charge in [-0.05, 0) is 70.9 Å². The zero-order valence-corrected chi connectivity index (χ0v) is 22.9. The molecular weight excluding hydrogens is 464 g/mol. The fourth-order valence-electron chi connectivity index (χ4n) is 6.33. The minimum Gasteiger partial charge on any atom is -0.444 e. The summed E-state index contributed by atoms with van der Waals surface area (Å²) in [4.78, 5) is 32.0. The molecule has 0 saturated carbocycles. The van der Waals surface area contributed by atoms with Crippen LogP contribution >= 0.6 is 0 Å². The van der Waals surface area contributed by atoms with Gasteiger partial charge < -0.3 is 19.9 Å². The van der Waals surface area contributed by atoms with Gasteiger partial charge in [0, 0.05) is 54.6 Å². The minimum absolute atomic E-state index is 0.0653. The standard InChI is InChI=1S/C30H40N4O3/c1-19-20(2)33(21(3)35)27-15-14-23(16-26(27)28(19)31-22-10-8-7-9-11-22)32-17-24-12-13-25(18-32)34(24)29(36)37-30(4,5)6/h7-11,14-16,19-20,24-25,28,31H,12-13,17-18H2,1-6H3/t19?,20-,24-,25+,28+/m0/s1. The number of para-hydroxylation sites is 1. The number of carbonyl (C=O) groups is 2. The molecule has 1 N–H and O–H groups in total. The Morgan fingerprint density at radius 3 is 2.22 bits per heavy atom. The molecule has 0 aliphatic carbocycles. The molecule has 0 radical (unpaired) electrons. The molecule has 3 aliphatic heterocycles. The average molecular weight is 505 g/mol. The Labute approximate surface area is 220 Å². The van der Waals surface area contributed by atoms with Crippen LogP contribution < -0.4 is 15.1 Å². The molecule has 0 aromatic heterocycles. The Balaban J connectivity index is 1.45. The maximum atomic E-state index is 12.9. The van der Waals surface area contributed by atoms with E-state index in [4.69, 9.17) is 4.74 Å². The number of hydrogen-bond acceptors (Lipinski definition) is 5. The first kappa shape index (κ1) is 25.4. The molecule has 7 heteroatoms. The van der Waals surface area contributed by atoms with Crippen LogP contribution in [0.5, 0.6) is 0 Å². The maximum absolute atomic E-state index is 12.9. The van der Waals surface area contributed by atoms with Crippen molar-refractivity contribution < 1.29 is 14.3 Å². The molecule has 2 aromatic carbocycles. The first-order valence-electron chi connectivity index (χ1n) is 13.5. The molecule has 2 fully saturated rings. The summed E-state index contributed by atoms with van der Waals surface area (Å²) in [6.07, 6.45) is 1.80. The van der Waals surface area contributed by atoms with Gasteiger partial charge in [0.1, 0.15) is 5.60 Å². The van der Waals surface area contributed by atoms with Crippen LogP contribution in [0.1, 0.15) is 66.0 Å². The molecule has 37 heavy (non-hydrogen) atoms. The van der Waals surface area contributed by atoms with E-state index in [1.165, 1.54) is 0 Å². The Bertz CT molecular complexity index is 1150. The molecular formula is C30H40N4O3. The molecule has 2 aromatic rings. The summed E-state index contributed by atoms with van der Waals surface area (Å²) < 4.78 is 5.72. The predicted octanol–water partition coefficient (Wildman–Crippen LogP) is 5.82. The molecule has 7 nitrogen and oxygen atoms in total. The zero-order valence-electron chi connectivity index (χ0n) is 22.9. The van der Waals surface area contributed by atoms with Crippen molar-refractivity contribution in [2.45, 2.75) is 84.2 Å². The van der Waals surface area contributed by atoms with Gasteiger partial charge in [0.2, 0.25) is 5.91 Å². The average Bonchev–Trinajstić information content (AvgIpc) is 3.11. The molecule has 3 heterocycles. The lowest BCUT2D eigenvalue weighted by atomic mass is 9.82. The lowest BCUT2D eigenvalue weighted by Crippen LogP contribution is -2.56. The van der Waals surface area contributed by atoms with E-state index in [9.17, 15) is 9.59 Å². The van der Waals surface area contributed by atoms with Gasteiger partial charge in [0.25, 0.3) is 0 Å². The van der Waals surface area contributed by atoms with Crippen molar-refractivity contribution in [2.75, 3.05) is 28.2 Å². The van der Waals surface area contributed by atoms with E-state index in [1.807, 2.05) is 48.8 Å². The van der Waals surface area contributed by atoms with Crippen molar-refractivity contribution in [1.82, 2.24) is 4.90 Å². The van der Waals surface area contributed by atoms with E-state index in [1.54, 1.807) is 6.92 Å². The van der Waals surface area contributed by atoms with Crippen molar-refractivity contribution in [3.63, 3.8) is 0 Å². The zero-order chi connectivity index (χ0) is 26.5. The van der Waals surface area contributed by atoms with Crippen molar-refractivity contribution in [2.24, 2.45) is 5.92 Å². The van der Waals surface area contributed by atoms with E-state index in [0.717, 1.165) is 48.6 Å². The lowest BCUT2D eigenvalue weighted by Gasteiger charge is -2.45. The van der Waals surface area contributed by atoms with Gasteiger partial charge in [0.05, 0.1) is 18.1 Å². The Morgan fingerprint density at radius 1 is 0.973 bits per heavy atom. The molecule has 2 amide bonds. The van der Waals surface area contributed by atoms with Gasteiger partial charge in [-0.2, -0.15) is 0 Å². The van der Waals surface area contributed by atoms with Crippen molar-refractivity contribution >= 4 is 29.1 Å². The normalized spacial score (nSPS) is 27.1. The summed E-state index contributed by atoms with van der Waals surface area (Å²) in [6.45, 7) is 13.3. The van der Waals surface area contributed by atoms with E-state index in [0.29, 0.717) is 0 Å². The fourth-order valence-corrected chi connectivity index (χ4v) is 6.33. The van der Waals surface area contributed by atoms with Crippen LogP contribution in [-0.2, 0) is 9.53 Å². The first-order valence-corrected chi connectivity index (χ1v) is 13.5. The number of nitrogens with zero attached hydrogens (tertiary/aromatic N) is 3. The van der Waals surface area contributed by atoms with E-state index in [-0.39, 0.29) is 42.1 Å². The summed E-state index contributed by atoms with van der Waals surface area (Å²) in [5, 5.41) is 3.75. The van der Waals surface area contributed by atoms with Crippen LogP contribution in [0, 0.1) is 5.92 Å². The molecule has 5 atom stereocenters.